The van der Waals surface area contributed by atoms with E-state index in [1.54, 1.807) is 0 Å². The van der Waals surface area contributed by atoms with E-state index in [1.165, 1.54) is 13.8 Å². The van der Waals surface area contributed by atoms with E-state index in [2.05, 4.69) is 0 Å². The number of aliphatic hydroxyl groups excluding tert-OH is 2. The summed E-state index contributed by atoms with van der Waals surface area (Å²) in [6.07, 6.45) is -0.0780. The minimum atomic E-state index is -1.12. The van der Waals surface area contributed by atoms with Crippen molar-refractivity contribution in [2.75, 3.05) is 0 Å². The molecule has 0 aliphatic carbocycles. The molecule has 14 heavy (non-hydrogen) atoms. The van der Waals surface area contributed by atoms with Gasteiger partial charge in [-0.05, 0) is 13.8 Å². The van der Waals surface area contributed by atoms with Crippen molar-refractivity contribution in [3.05, 3.63) is 12.2 Å². The number of carbonyl (C=O) groups is 2. The van der Waals surface area contributed by atoms with Gasteiger partial charge < -0.3 is 10.2 Å². The van der Waals surface area contributed by atoms with E-state index in [4.69, 9.17) is 0 Å². The number of hydrazine groups is 1. The number of aliphatic hydroxyl groups is 2. The zero-order valence-corrected chi connectivity index (χ0v) is 7.91. The Balaban J connectivity index is 2.89. The Hall–Kier alpha value is -1.24. The predicted molar refractivity (Wildman–Crippen MR) is 46.2 cm³/mol. The molecule has 2 amide bonds. The molecule has 2 atom stereocenters. The van der Waals surface area contributed by atoms with Crippen LogP contribution in [0.15, 0.2) is 12.2 Å². The molecule has 0 bridgehead atoms. The number of rotatable bonds is 3. The molecular formula is C8H12N2O4. The van der Waals surface area contributed by atoms with Crippen LogP contribution in [-0.4, -0.2) is 44.5 Å². The summed E-state index contributed by atoms with van der Waals surface area (Å²) in [7, 11) is 0. The van der Waals surface area contributed by atoms with Gasteiger partial charge in [0.05, 0.1) is 0 Å². The third kappa shape index (κ3) is 1.82. The van der Waals surface area contributed by atoms with Crippen LogP contribution in [0.1, 0.15) is 13.8 Å². The molecule has 0 fully saturated rings. The first-order chi connectivity index (χ1) is 6.45. The van der Waals surface area contributed by atoms with Gasteiger partial charge in [0.25, 0.3) is 11.8 Å². The topological polar surface area (TPSA) is 81.1 Å². The van der Waals surface area contributed by atoms with Gasteiger partial charge in [-0.1, -0.05) is 0 Å². The molecule has 6 nitrogen and oxygen atoms in total. The maximum atomic E-state index is 11.2. The summed E-state index contributed by atoms with van der Waals surface area (Å²) >= 11 is 0. The first kappa shape index (κ1) is 10.8. The molecule has 2 N–H and O–H groups in total. The zero-order chi connectivity index (χ0) is 10.9. The van der Waals surface area contributed by atoms with Gasteiger partial charge in [0, 0.05) is 12.2 Å². The van der Waals surface area contributed by atoms with Crippen molar-refractivity contribution in [3.8, 4) is 0 Å². The molecule has 0 saturated heterocycles. The van der Waals surface area contributed by atoms with Crippen LogP contribution < -0.4 is 0 Å². The Morgan fingerprint density at radius 2 is 1.50 bits per heavy atom. The molecule has 1 rings (SSSR count). The fourth-order valence-corrected chi connectivity index (χ4v) is 1.27. The Morgan fingerprint density at radius 1 is 1.14 bits per heavy atom. The SMILES string of the molecule is CC(O)N(C(C)O)N1C(=O)C=CC1=O. The molecule has 6 heteroatoms. The van der Waals surface area contributed by atoms with E-state index in [0.29, 0.717) is 5.01 Å². The molecule has 0 aromatic carbocycles. The quantitative estimate of drug-likeness (QED) is 0.442. The fraction of sp³-hybridized carbons (Fsp3) is 0.500. The molecule has 0 aromatic rings. The van der Waals surface area contributed by atoms with Crippen LogP contribution in [0.5, 0.6) is 0 Å². The van der Waals surface area contributed by atoms with Gasteiger partial charge in [0.1, 0.15) is 12.5 Å². The lowest BCUT2D eigenvalue weighted by atomic mass is 10.5. The number of carbonyl (C=O) groups excluding carboxylic acids is 2. The number of nitrogens with zero attached hydrogens (tertiary/aromatic N) is 2. The maximum Gasteiger partial charge on any atom is 0.268 e. The van der Waals surface area contributed by atoms with Crippen LogP contribution in [0.25, 0.3) is 0 Å². The van der Waals surface area contributed by atoms with Crippen molar-refractivity contribution in [1.29, 1.82) is 0 Å². The van der Waals surface area contributed by atoms with Gasteiger partial charge in [-0.25, -0.2) is 0 Å². The number of hydrogen-bond donors (Lipinski definition) is 2. The van der Waals surface area contributed by atoms with Crippen molar-refractivity contribution in [2.45, 2.75) is 26.3 Å². The van der Waals surface area contributed by atoms with E-state index in [-0.39, 0.29) is 0 Å². The molecule has 0 aromatic heterocycles. The van der Waals surface area contributed by atoms with E-state index in [0.717, 1.165) is 17.2 Å². The summed E-state index contributed by atoms with van der Waals surface area (Å²) < 4.78 is 0. The first-order valence-electron chi connectivity index (χ1n) is 4.15. The van der Waals surface area contributed by atoms with Crippen molar-refractivity contribution < 1.29 is 19.8 Å². The zero-order valence-electron chi connectivity index (χ0n) is 7.91. The largest absolute Gasteiger partial charge is 0.377 e. The minimum absolute atomic E-state index is 0.572. The monoisotopic (exact) mass is 200 g/mol. The molecule has 1 aliphatic heterocycles. The molecule has 1 aliphatic rings. The van der Waals surface area contributed by atoms with Crippen LogP contribution in [0, 0.1) is 0 Å². The standard InChI is InChI=1S/C8H12N2O4/c1-5(11)9(6(2)12)10-7(13)3-4-8(10)14/h3-6,11-12H,1-2H3. The van der Waals surface area contributed by atoms with Crippen LogP contribution in [0.3, 0.4) is 0 Å². The summed E-state index contributed by atoms with van der Waals surface area (Å²) in [6.45, 7) is 2.71. The Bertz CT molecular complexity index is 259. The minimum Gasteiger partial charge on any atom is -0.377 e. The molecule has 1 heterocycles. The average Bonchev–Trinajstić information content (AvgIpc) is 2.34. The van der Waals surface area contributed by atoms with Crippen molar-refractivity contribution in [1.82, 2.24) is 10.0 Å². The van der Waals surface area contributed by atoms with Gasteiger partial charge in [-0.2, -0.15) is 10.0 Å². The third-order valence-corrected chi connectivity index (χ3v) is 1.78. The second kappa shape index (κ2) is 3.87. The average molecular weight is 200 g/mol. The number of imide groups is 1. The van der Waals surface area contributed by atoms with Gasteiger partial charge >= 0.3 is 0 Å². The molecule has 0 saturated carbocycles. The Labute approximate surface area is 81.0 Å². The van der Waals surface area contributed by atoms with Crippen molar-refractivity contribution in [3.63, 3.8) is 0 Å². The van der Waals surface area contributed by atoms with E-state index in [1.807, 2.05) is 0 Å². The molecular weight excluding hydrogens is 188 g/mol. The Morgan fingerprint density at radius 3 is 1.79 bits per heavy atom. The third-order valence-electron chi connectivity index (χ3n) is 1.78. The highest BCUT2D eigenvalue weighted by Gasteiger charge is 2.34. The Kier molecular flexibility index (Phi) is 3.00. The smallest absolute Gasteiger partial charge is 0.268 e. The van der Waals surface area contributed by atoms with E-state index >= 15 is 0 Å². The highest BCUT2D eigenvalue weighted by Crippen LogP contribution is 2.13. The second-order valence-electron chi connectivity index (χ2n) is 2.97. The predicted octanol–water partition coefficient (Wildman–Crippen LogP) is -1.20. The molecule has 2 unspecified atom stereocenters. The van der Waals surface area contributed by atoms with Crippen LogP contribution in [0.4, 0.5) is 0 Å². The number of amides is 2. The van der Waals surface area contributed by atoms with Gasteiger partial charge in [0.2, 0.25) is 0 Å². The molecule has 0 spiro atoms. The van der Waals surface area contributed by atoms with Crippen molar-refractivity contribution in [2.24, 2.45) is 0 Å². The highest BCUT2D eigenvalue weighted by molar-refractivity contribution is 6.12. The van der Waals surface area contributed by atoms with Crippen LogP contribution in [0.2, 0.25) is 0 Å². The second-order valence-corrected chi connectivity index (χ2v) is 2.97. The lowest BCUT2D eigenvalue weighted by molar-refractivity contribution is -0.205. The molecule has 0 radical (unpaired) electrons. The van der Waals surface area contributed by atoms with Gasteiger partial charge in [0.15, 0.2) is 0 Å². The summed E-state index contributed by atoms with van der Waals surface area (Å²) in [5.41, 5.74) is 0. The van der Waals surface area contributed by atoms with Crippen LogP contribution in [-0.2, 0) is 9.59 Å². The lowest BCUT2D eigenvalue weighted by Gasteiger charge is -2.34. The van der Waals surface area contributed by atoms with Crippen molar-refractivity contribution >= 4 is 11.8 Å². The van der Waals surface area contributed by atoms with E-state index in [9.17, 15) is 19.8 Å². The van der Waals surface area contributed by atoms with Gasteiger partial charge in [-0.3, -0.25) is 9.59 Å². The summed E-state index contributed by atoms with van der Waals surface area (Å²) in [5, 5.41) is 20.1. The summed E-state index contributed by atoms with van der Waals surface area (Å²) in [4.78, 5) is 22.4. The normalized spacial score (nSPS) is 20.8. The van der Waals surface area contributed by atoms with E-state index < -0.39 is 24.3 Å². The first-order valence-corrected chi connectivity index (χ1v) is 4.15. The summed E-state index contributed by atoms with van der Waals surface area (Å²) in [5.74, 6) is -1.14. The molecule has 78 valence electrons. The fourth-order valence-electron chi connectivity index (χ4n) is 1.27. The maximum absolute atomic E-state index is 11.2. The summed E-state index contributed by atoms with van der Waals surface area (Å²) in [6, 6.07) is 0. The van der Waals surface area contributed by atoms with Crippen LogP contribution >= 0.6 is 0 Å². The number of hydrogen-bond acceptors (Lipinski definition) is 5. The highest BCUT2D eigenvalue weighted by atomic mass is 16.3. The lowest BCUT2D eigenvalue weighted by Crippen LogP contribution is -2.54. The van der Waals surface area contributed by atoms with Gasteiger partial charge in [-0.15, -0.1) is 0 Å².